The van der Waals surface area contributed by atoms with Crippen molar-refractivity contribution >= 4 is 0 Å². The van der Waals surface area contributed by atoms with Gasteiger partial charge in [0, 0.05) is 38.1 Å². The first-order chi connectivity index (χ1) is 12.8. The molecule has 0 amide bonds. The molecule has 0 saturated heterocycles. The Kier molecular flexibility index (Phi) is 8.06. The van der Waals surface area contributed by atoms with Crippen LogP contribution in [0.5, 0.6) is 0 Å². The number of nitrogens with zero attached hydrogens (tertiary/aromatic N) is 2. The third kappa shape index (κ3) is 5.68. The van der Waals surface area contributed by atoms with E-state index in [1.165, 1.54) is 16.7 Å². The molecule has 3 heteroatoms. The molecular weight excluding hydrogens is 508 g/mol. The quantitative estimate of drug-likeness (QED) is 0.302. The minimum absolute atomic E-state index is 0. The van der Waals surface area contributed by atoms with Gasteiger partial charge in [0.05, 0.1) is 5.69 Å². The van der Waals surface area contributed by atoms with Gasteiger partial charge in [0.1, 0.15) is 0 Å². The zero-order valence-corrected chi connectivity index (χ0v) is 17.8. The van der Waals surface area contributed by atoms with Crippen molar-refractivity contribution in [2.75, 3.05) is 0 Å². The van der Waals surface area contributed by atoms with E-state index in [0.29, 0.717) is 0 Å². The molecule has 0 aliphatic rings. The van der Waals surface area contributed by atoms with Gasteiger partial charge in [-0.1, -0.05) is 49.4 Å². The molecule has 0 bridgehead atoms. The number of hydrogen-bond acceptors (Lipinski definition) is 2. The molecule has 0 aliphatic heterocycles. The van der Waals surface area contributed by atoms with Crippen LogP contribution in [0.1, 0.15) is 11.1 Å². The average Bonchev–Trinajstić information content (AvgIpc) is 2.71. The summed E-state index contributed by atoms with van der Waals surface area (Å²) in [6.07, 6.45) is 3.62. The van der Waals surface area contributed by atoms with Crippen molar-refractivity contribution in [1.82, 2.24) is 9.97 Å². The topological polar surface area (TPSA) is 25.8 Å². The zero-order valence-electron chi connectivity index (χ0n) is 15.4. The summed E-state index contributed by atoms with van der Waals surface area (Å²) in [5.74, 6) is 0. The second kappa shape index (κ2) is 10.5. The summed E-state index contributed by atoms with van der Waals surface area (Å²) < 4.78 is 0. The Morgan fingerprint density at radius 2 is 1.22 bits per heavy atom. The second-order valence-electron chi connectivity index (χ2n) is 5.97. The van der Waals surface area contributed by atoms with Crippen LogP contribution in [0, 0.1) is 19.9 Å². The van der Waals surface area contributed by atoms with Crippen LogP contribution in [0.2, 0.25) is 0 Å². The van der Waals surface area contributed by atoms with Gasteiger partial charge in [-0.05, 0) is 36.4 Å². The molecule has 27 heavy (non-hydrogen) atoms. The Balaban J connectivity index is 0.000000187. The molecule has 0 unspecified atom stereocenters. The van der Waals surface area contributed by atoms with Crippen LogP contribution >= 0.6 is 0 Å². The largest absolute Gasteiger partial charge is 0.305 e. The number of pyridine rings is 2. The van der Waals surface area contributed by atoms with Gasteiger partial charge >= 0.3 is 0 Å². The van der Waals surface area contributed by atoms with Crippen molar-refractivity contribution in [3.8, 4) is 22.5 Å². The van der Waals surface area contributed by atoms with E-state index in [2.05, 4.69) is 48.1 Å². The van der Waals surface area contributed by atoms with E-state index in [0.717, 1.165) is 17.0 Å². The van der Waals surface area contributed by atoms with Gasteiger partial charge in [0.15, 0.2) is 0 Å². The minimum Gasteiger partial charge on any atom is -0.305 e. The van der Waals surface area contributed by atoms with Crippen molar-refractivity contribution in [2.24, 2.45) is 0 Å². The molecule has 0 aliphatic carbocycles. The monoisotopic (exact) mass is 530 g/mol. The Bertz CT molecular complexity index is 873. The predicted octanol–water partition coefficient (Wildman–Crippen LogP) is 5.91. The van der Waals surface area contributed by atoms with Crippen LogP contribution in [0.25, 0.3) is 22.5 Å². The first kappa shape index (κ1) is 20.7. The van der Waals surface area contributed by atoms with Crippen molar-refractivity contribution in [2.45, 2.75) is 13.8 Å². The maximum Gasteiger partial charge on any atom is 0.0704 e. The molecular formula is C24H21IrN2-. The van der Waals surface area contributed by atoms with Crippen molar-refractivity contribution in [1.29, 1.82) is 0 Å². The molecule has 2 nitrogen and oxygen atoms in total. The maximum atomic E-state index is 4.31. The molecule has 0 N–H and O–H groups in total. The van der Waals surface area contributed by atoms with Crippen LogP contribution in [-0.4, -0.2) is 9.97 Å². The van der Waals surface area contributed by atoms with E-state index in [-0.39, 0.29) is 20.1 Å². The summed E-state index contributed by atoms with van der Waals surface area (Å²) in [5.41, 5.74) is 6.80. The number of rotatable bonds is 2. The minimum atomic E-state index is 0. The third-order valence-electron chi connectivity index (χ3n) is 4.07. The predicted molar refractivity (Wildman–Crippen MR) is 108 cm³/mol. The molecule has 2 aromatic carbocycles. The summed E-state index contributed by atoms with van der Waals surface area (Å²) in [4.78, 5) is 8.59. The van der Waals surface area contributed by atoms with Gasteiger partial charge in [-0.25, -0.2) is 0 Å². The smallest absolute Gasteiger partial charge is 0.0704 e. The first-order valence-electron chi connectivity index (χ1n) is 8.61. The van der Waals surface area contributed by atoms with Crippen molar-refractivity contribution < 1.29 is 20.1 Å². The molecule has 0 spiro atoms. The van der Waals surface area contributed by atoms with Gasteiger partial charge in [-0.2, -0.15) is 0 Å². The Labute approximate surface area is 174 Å². The molecule has 2 heterocycles. The summed E-state index contributed by atoms with van der Waals surface area (Å²) in [5, 5.41) is 0. The van der Waals surface area contributed by atoms with E-state index in [4.69, 9.17) is 0 Å². The number of aryl methyl sites for hydroxylation is 2. The van der Waals surface area contributed by atoms with Crippen LogP contribution in [0.4, 0.5) is 0 Å². The van der Waals surface area contributed by atoms with E-state index in [1.54, 1.807) is 6.20 Å². The van der Waals surface area contributed by atoms with E-state index >= 15 is 0 Å². The second-order valence-corrected chi connectivity index (χ2v) is 5.97. The molecule has 0 atom stereocenters. The molecule has 4 rings (SSSR count). The Hall–Kier alpha value is -2.61. The molecule has 4 aromatic rings. The van der Waals surface area contributed by atoms with E-state index in [1.807, 2.05) is 66.9 Å². The Morgan fingerprint density at radius 1 is 0.630 bits per heavy atom. The molecule has 137 valence electrons. The average molecular weight is 530 g/mol. The van der Waals surface area contributed by atoms with Crippen LogP contribution in [-0.2, 0) is 20.1 Å². The standard InChI is InChI=1S/C12H11N.C12H10N.Ir/c2*1-10-6-2-3-7-11(10)12-8-4-5-9-13-12;/h2-9H,1H3;2-6,8-9H,1H3;/q;-1;. The Morgan fingerprint density at radius 3 is 1.81 bits per heavy atom. The molecule has 0 saturated carbocycles. The van der Waals surface area contributed by atoms with Crippen LogP contribution in [0.3, 0.4) is 0 Å². The molecule has 2 aromatic heterocycles. The fourth-order valence-electron chi connectivity index (χ4n) is 2.69. The normalized spacial score (nSPS) is 9.56. The van der Waals surface area contributed by atoms with Crippen LogP contribution in [0.15, 0.2) is 91.3 Å². The molecule has 1 radical (unpaired) electrons. The van der Waals surface area contributed by atoms with E-state index < -0.39 is 0 Å². The van der Waals surface area contributed by atoms with Gasteiger partial charge in [0.25, 0.3) is 0 Å². The van der Waals surface area contributed by atoms with Gasteiger partial charge in [-0.15, -0.1) is 35.4 Å². The summed E-state index contributed by atoms with van der Waals surface area (Å²) >= 11 is 0. The number of benzene rings is 2. The maximum absolute atomic E-state index is 4.31. The van der Waals surface area contributed by atoms with E-state index in [9.17, 15) is 0 Å². The van der Waals surface area contributed by atoms with Gasteiger partial charge in [-0.3, -0.25) is 4.98 Å². The SMILES string of the molecule is Cc1ccc[c-]c1-c1ccccn1.Cc1ccccc1-c1ccccn1.[Ir]. The zero-order chi connectivity index (χ0) is 18.2. The van der Waals surface area contributed by atoms with Gasteiger partial charge in [0.2, 0.25) is 0 Å². The number of hydrogen-bond donors (Lipinski definition) is 0. The van der Waals surface area contributed by atoms with Crippen molar-refractivity contribution in [3.63, 3.8) is 0 Å². The summed E-state index contributed by atoms with van der Waals surface area (Å²) in [7, 11) is 0. The fourth-order valence-corrected chi connectivity index (χ4v) is 2.69. The van der Waals surface area contributed by atoms with Crippen molar-refractivity contribution in [3.05, 3.63) is 108 Å². The fraction of sp³-hybridized carbons (Fsp3) is 0.0833. The first-order valence-corrected chi connectivity index (χ1v) is 8.61. The summed E-state index contributed by atoms with van der Waals surface area (Å²) in [6.45, 7) is 4.17. The molecule has 0 fully saturated rings. The third-order valence-corrected chi connectivity index (χ3v) is 4.07. The van der Waals surface area contributed by atoms with Crippen LogP contribution < -0.4 is 0 Å². The number of aromatic nitrogens is 2. The summed E-state index contributed by atoms with van der Waals surface area (Å²) in [6, 6.07) is 29.3. The van der Waals surface area contributed by atoms with Gasteiger partial charge < -0.3 is 4.98 Å².